The van der Waals surface area contributed by atoms with Crippen LogP contribution in [0.4, 0.5) is 22.0 Å². The van der Waals surface area contributed by atoms with E-state index in [2.05, 4.69) is 4.74 Å². The standard InChI is InChI=1S/C9H13F5O2/c1-3-4-5-6(2)7(10,11)8(15,16-6)9(12,13)14/h15H,3-5H2,1-2H3. The van der Waals surface area contributed by atoms with E-state index < -0.39 is 23.5 Å². The van der Waals surface area contributed by atoms with Gasteiger partial charge in [-0.2, -0.15) is 22.0 Å². The van der Waals surface area contributed by atoms with Gasteiger partial charge in [-0.05, 0) is 13.3 Å². The Morgan fingerprint density at radius 1 is 1.25 bits per heavy atom. The summed E-state index contributed by atoms with van der Waals surface area (Å²) in [6, 6.07) is 0. The molecule has 2 nitrogen and oxygen atoms in total. The van der Waals surface area contributed by atoms with Crippen molar-refractivity contribution in [3.05, 3.63) is 0 Å². The summed E-state index contributed by atoms with van der Waals surface area (Å²) in [5.41, 5.74) is -2.24. The molecule has 0 amide bonds. The average molecular weight is 248 g/mol. The zero-order valence-electron chi connectivity index (χ0n) is 8.87. The minimum absolute atomic E-state index is 0.227. The minimum atomic E-state index is -5.50. The van der Waals surface area contributed by atoms with Gasteiger partial charge in [0.25, 0.3) is 0 Å². The summed E-state index contributed by atoms with van der Waals surface area (Å²) in [6.45, 7) is 2.60. The number of unbranched alkanes of at least 4 members (excludes halogenated alkanes) is 1. The molecule has 1 fully saturated rings. The molecule has 0 spiro atoms. The first-order chi connectivity index (χ1) is 7.02. The van der Waals surface area contributed by atoms with Gasteiger partial charge in [0.1, 0.15) is 5.60 Å². The molecule has 2 atom stereocenters. The lowest BCUT2D eigenvalue weighted by molar-refractivity contribution is -0.553. The number of aliphatic hydroxyl groups is 1. The van der Waals surface area contributed by atoms with E-state index in [4.69, 9.17) is 5.11 Å². The third-order valence-electron chi connectivity index (χ3n) is 2.85. The van der Waals surface area contributed by atoms with Crippen molar-refractivity contribution in [2.45, 2.75) is 56.6 Å². The van der Waals surface area contributed by atoms with Crippen LogP contribution in [-0.2, 0) is 4.74 Å². The second-order valence-corrected chi connectivity index (χ2v) is 4.15. The molecule has 0 bridgehead atoms. The largest absolute Gasteiger partial charge is 0.449 e. The summed E-state index contributed by atoms with van der Waals surface area (Å²) in [7, 11) is 0. The van der Waals surface area contributed by atoms with Crippen molar-refractivity contribution in [1.82, 2.24) is 0 Å². The first kappa shape index (κ1) is 13.6. The van der Waals surface area contributed by atoms with Gasteiger partial charge in [-0.15, -0.1) is 0 Å². The lowest BCUT2D eigenvalue weighted by Gasteiger charge is -2.57. The first-order valence-corrected chi connectivity index (χ1v) is 4.89. The molecule has 1 aliphatic heterocycles. The molecule has 0 aromatic heterocycles. The number of alkyl halides is 5. The van der Waals surface area contributed by atoms with E-state index in [0.717, 1.165) is 6.92 Å². The van der Waals surface area contributed by atoms with E-state index >= 15 is 0 Å². The monoisotopic (exact) mass is 248 g/mol. The molecular formula is C9H13F5O2. The molecule has 2 unspecified atom stereocenters. The lowest BCUT2D eigenvalue weighted by Crippen LogP contribution is -2.81. The molecule has 0 aromatic rings. The Bertz CT molecular complexity index is 278. The van der Waals surface area contributed by atoms with E-state index in [1.54, 1.807) is 6.92 Å². The van der Waals surface area contributed by atoms with Crippen molar-refractivity contribution in [1.29, 1.82) is 0 Å². The third-order valence-corrected chi connectivity index (χ3v) is 2.85. The third kappa shape index (κ3) is 1.52. The van der Waals surface area contributed by atoms with Crippen LogP contribution in [-0.4, -0.2) is 28.6 Å². The Balaban J connectivity index is 2.88. The summed E-state index contributed by atoms with van der Waals surface area (Å²) in [6.07, 6.45) is -4.86. The number of hydrogen-bond acceptors (Lipinski definition) is 2. The van der Waals surface area contributed by atoms with Crippen LogP contribution in [0.1, 0.15) is 33.1 Å². The number of ether oxygens (including phenoxy) is 1. The summed E-state index contributed by atoms with van der Waals surface area (Å²) < 4.78 is 67.4. The predicted octanol–water partition coefficient (Wildman–Crippen LogP) is 2.85. The fourth-order valence-electron chi connectivity index (χ4n) is 1.72. The highest BCUT2D eigenvalue weighted by Gasteiger charge is 2.86. The van der Waals surface area contributed by atoms with Crippen LogP contribution >= 0.6 is 0 Å². The van der Waals surface area contributed by atoms with E-state index in [1.165, 1.54) is 0 Å². The Morgan fingerprint density at radius 3 is 2.06 bits per heavy atom. The van der Waals surface area contributed by atoms with Crippen LogP contribution in [0.15, 0.2) is 0 Å². The highest BCUT2D eigenvalue weighted by molar-refractivity contribution is 5.13. The van der Waals surface area contributed by atoms with Gasteiger partial charge in [0, 0.05) is 0 Å². The van der Waals surface area contributed by atoms with Crippen LogP contribution in [0, 0.1) is 0 Å². The van der Waals surface area contributed by atoms with Crippen molar-refractivity contribution in [3.8, 4) is 0 Å². The quantitative estimate of drug-likeness (QED) is 0.778. The molecule has 7 heteroatoms. The molecule has 1 aliphatic rings. The molecular weight excluding hydrogens is 235 g/mol. The van der Waals surface area contributed by atoms with Crippen LogP contribution < -0.4 is 0 Å². The van der Waals surface area contributed by atoms with E-state index in [0.29, 0.717) is 12.8 Å². The summed E-state index contributed by atoms with van der Waals surface area (Å²) >= 11 is 0. The normalized spacial score (nSPS) is 38.2. The van der Waals surface area contributed by atoms with E-state index in [9.17, 15) is 22.0 Å². The second kappa shape index (κ2) is 3.53. The van der Waals surface area contributed by atoms with Crippen molar-refractivity contribution >= 4 is 0 Å². The van der Waals surface area contributed by atoms with Crippen molar-refractivity contribution in [3.63, 3.8) is 0 Å². The molecule has 0 aliphatic carbocycles. The average Bonchev–Trinajstić information content (AvgIpc) is 2.12. The molecule has 1 N–H and O–H groups in total. The lowest BCUT2D eigenvalue weighted by atomic mass is 9.79. The molecule has 1 heterocycles. The first-order valence-electron chi connectivity index (χ1n) is 4.89. The molecule has 1 saturated heterocycles. The van der Waals surface area contributed by atoms with Gasteiger partial charge in [-0.3, -0.25) is 0 Å². The summed E-state index contributed by atoms with van der Waals surface area (Å²) in [5, 5.41) is 8.81. The van der Waals surface area contributed by atoms with Gasteiger partial charge in [0.2, 0.25) is 0 Å². The SMILES string of the molecule is CCCCC1(C)OC(O)(C(F)(F)F)C1(F)F. The maximum absolute atomic E-state index is 13.4. The smallest absolute Gasteiger partial charge is 0.354 e. The van der Waals surface area contributed by atoms with E-state index in [1.807, 2.05) is 0 Å². The maximum Gasteiger partial charge on any atom is 0.449 e. The topological polar surface area (TPSA) is 29.5 Å². The van der Waals surface area contributed by atoms with Crippen LogP contribution in [0.3, 0.4) is 0 Å². The van der Waals surface area contributed by atoms with Crippen LogP contribution in [0.25, 0.3) is 0 Å². The van der Waals surface area contributed by atoms with Crippen molar-refractivity contribution < 1.29 is 31.8 Å². The minimum Gasteiger partial charge on any atom is -0.354 e. The van der Waals surface area contributed by atoms with Crippen LogP contribution in [0.2, 0.25) is 0 Å². The molecule has 0 aromatic carbocycles. The number of hydrogen-bond donors (Lipinski definition) is 1. The van der Waals surface area contributed by atoms with Gasteiger partial charge in [0.15, 0.2) is 0 Å². The molecule has 1 rings (SSSR count). The zero-order valence-corrected chi connectivity index (χ0v) is 8.87. The Kier molecular flexibility index (Phi) is 3.01. The Hall–Kier alpha value is -0.430. The number of rotatable bonds is 3. The zero-order chi connectivity index (χ0) is 12.8. The van der Waals surface area contributed by atoms with Crippen LogP contribution in [0.5, 0.6) is 0 Å². The van der Waals surface area contributed by atoms with Crippen molar-refractivity contribution in [2.24, 2.45) is 0 Å². The summed E-state index contributed by atoms with van der Waals surface area (Å²) in [4.78, 5) is 0. The predicted molar refractivity (Wildman–Crippen MR) is 45.0 cm³/mol. The second-order valence-electron chi connectivity index (χ2n) is 4.15. The fraction of sp³-hybridized carbons (Fsp3) is 1.00. The Labute approximate surface area is 89.4 Å². The highest BCUT2D eigenvalue weighted by Crippen LogP contribution is 2.60. The molecule has 0 radical (unpaired) electrons. The van der Waals surface area contributed by atoms with E-state index in [-0.39, 0.29) is 6.42 Å². The maximum atomic E-state index is 13.4. The van der Waals surface area contributed by atoms with Gasteiger partial charge in [0.05, 0.1) is 0 Å². The van der Waals surface area contributed by atoms with Gasteiger partial charge in [-0.1, -0.05) is 19.8 Å². The molecule has 0 saturated carbocycles. The summed E-state index contributed by atoms with van der Waals surface area (Å²) in [5.74, 6) is -8.67. The van der Waals surface area contributed by atoms with Gasteiger partial charge in [-0.25, -0.2) is 0 Å². The van der Waals surface area contributed by atoms with Gasteiger partial charge >= 0.3 is 17.9 Å². The van der Waals surface area contributed by atoms with Gasteiger partial charge < -0.3 is 9.84 Å². The molecule has 96 valence electrons. The fourth-order valence-corrected chi connectivity index (χ4v) is 1.72. The molecule has 16 heavy (non-hydrogen) atoms. The number of halogens is 5. The Morgan fingerprint density at radius 2 is 1.75 bits per heavy atom. The van der Waals surface area contributed by atoms with Crippen molar-refractivity contribution in [2.75, 3.05) is 0 Å². The highest BCUT2D eigenvalue weighted by atomic mass is 19.4.